The van der Waals surface area contributed by atoms with Crippen LogP contribution in [0, 0.1) is 0 Å². The fourth-order valence-corrected chi connectivity index (χ4v) is 2.87. The van der Waals surface area contributed by atoms with E-state index in [2.05, 4.69) is 37.0 Å². The Bertz CT molecular complexity index is 817. The number of benzene rings is 2. The number of nitrogens with one attached hydrogen (secondary N) is 1. The third kappa shape index (κ3) is 2.55. The topological polar surface area (TPSA) is 32.9 Å². The van der Waals surface area contributed by atoms with Crippen molar-refractivity contribution in [3.8, 4) is 11.3 Å². The number of carbonyl (C=O) groups excluding carboxylic acids is 1. The van der Waals surface area contributed by atoms with Gasteiger partial charge in [-0.2, -0.15) is 0 Å². The second kappa shape index (κ2) is 5.98. The third-order valence-electron chi connectivity index (χ3n) is 4.29. The highest BCUT2D eigenvalue weighted by Gasteiger charge is 2.14. The Hall–Kier alpha value is -2.06. The monoisotopic (exact) mass is 311 g/mol. The molecule has 0 spiro atoms. The summed E-state index contributed by atoms with van der Waals surface area (Å²) in [5.41, 5.74) is 4.78. The lowest BCUT2D eigenvalue weighted by atomic mass is 9.96. The van der Waals surface area contributed by atoms with Crippen LogP contribution < -0.4 is 0 Å². The van der Waals surface area contributed by atoms with E-state index in [1.54, 1.807) is 0 Å². The Morgan fingerprint density at radius 2 is 1.91 bits per heavy atom. The number of hydrogen-bond acceptors (Lipinski definition) is 1. The molecule has 0 radical (unpaired) electrons. The normalized spacial score (nSPS) is 12.5. The van der Waals surface area contributed by atoms with E-state index in [0.29, 0.717) is 16.5 Å². The highest BCUT2D eigenvalue weighted by molar-refractivity contribution is 6.30. The highest BCUT2D eigenvalue weighted by Crippen LogP contribution is 2.32. The largest absolute Gasteiger partial charge is 0.354 e. The number of hydrogen-bond donors (Lipinski definition) is 1. The molecule has 0 aliphatic carbocycles. The highest BCUT2D eigenvalue weighted by atomic mass is 35.5. The van der Waals surface area contributed by atoms with Crippen molar-refractivity contribution in [1.82, 2.24) is 4.98 Å². The van der Waals surface area contributed by atoms with Gasteiger partial charge in [0, 0.05) is 21.5 Å². The SMILES string of the molecule is CCC(C)c1ccc2[nH]c(-c3ccc(Cl)cc3)c(C=O)c2c1. The molecular formula is C19H18ClNO. The van der Waals surface area contributed by atoms with Crippen molar-refractivity contribution in [2.75, 3.05) is 0 Å². The minimum atomic E-state index is 0.484. The predicted molar refractivity (Wildman–Crippen MR) is 92.8 cm³/mol. The van der Waals surface area contributed by atoms with Crippen LogP contribution in [-0.2, 0) is 0 Å². The van der Waals surface area contributed by atoms with E-state index in [1.165, 1.54) is 5.56 Å². The van der Waals surface area contributed by atoms with Crippen LogP contribution in [0.15, 0.2) is 42.5 Å². The maximum atomic E-state index is 11.6. The van der Waals surface area contributed by atoms with Crippen molar-refractivity contribution >= 4 is 28.8 Å². The van der Waals surface area contributed by atoms with E-state index >= 15 is 0 Å². The molecule has 2 aromatic carbocycles. The maximum absolute atomic E-state index is 11.6. The van der Waals surface area contributed by atoms with Gasteiger partial charge in [-0.05, 0) is 47.7 Å². The van der Waals surface area contributed by atoms with Crippen molar-refractivity contribution in [2.24, 2.45) is 0 Å². The number of fused-ring (bicyclic) bond motifs is 1. The van der Waals surface area contributed by atoms with Crippen LogP contribution in [0.25, 0.3) is 22.2 Å². The number of H-pyrrole nitrogens is 1. The van der Waals surface area contributed by atoms with E-state index in [-0.39, 0.29) is 0 Å². The van der Waals surface area contributed by atoms with Crippen LogP contribution in [0.4, 0.5) is 0 Å². The molecule has 0 amide bonds. The van der Waals surface area contributed by atoms with Crippen LogP contribution in [0.3, 0.4) is 0 Å². The summed E-state index contributed by atoms with van der Waals surface area (Å²) in [6, 6.07) is 13.8. The molecule has 3 heteroatoms. The molecule has 1 aromatic heterocycles. The molecule has 0 fully saturated rings. The lowest BCUT2D eigenvalue weighted by Gasteiger charge is -2.08. The molecular weight excluding hydrogens is 294 g/mol. The zero-order valence-corrected chi connectivity index (χ0v) is 13.4. The van der Waals surface area contributed by atoms with Crippen LogP contribution in [0.1, 0.15) is 42.1 Å². The zero-order valence-electron chi connectivity index (χ0n) is 12.7. The predicted octanol–water partition coefficient (Wildman–Crippen LogP) is 5.81. The van der Waals surface area contributed by atoms with Gasteiger partial charge >= 0.3 is 0 Å². The molecule has 3 aromatic rings. The first-order valence-corrected chi connectivity index (χ1v) is 7.88. The zero-order chi connectivity index (χ0) is 15.7. The smallest absolute Gasteiger partial charge is 0.152 e. The van der Waals surface area contributed by atoms with Gasteiger partial charge in [0.05, 0.1) is 5.69 Å². The summed E-state index contributed by atoms with van der Waals surface area (Å²) in [6.45, 7) is 4.38. The van der Waals surface area contributed by atoms with Gasteiger partial charge in [-0.1, -0.05) is 43.6 Å². The molecule has 3 rings (SSSR count). The third-order valence-corrected chi connectivity index (χ3v) is 4.55. The van der Waals surface area contributed by atoms with Gasteiger partial charge in [0.15, 0.2) is 6.29 Å². The average Bonchev–Trinajstić information content (AvgIpc) is 2.92. The van der Waals surface area contributed by atoms with Gasteiger partial charge in [0.2, 0.25) is 0 Å². The first-order valence-electron chi connectivity index (χ1n) is 7.50. The van der Waals surface area contributed by atoms with Gasteiger partial charge < -0.3 is 4.98 Å². The number of aldehydes is 1. The van der Waals surface area contributed by atoms with Crippen molar-refractivity contribution in [2.45, 2.75) is 26.2 Å². The molecule has 0 bridgehead atoms. The van der Waals surface area contributed by atoms with E-state index in [4.69, 9.17) is 11.6 Å². The Kier molecular flexibility index (Phi) is 4.04. The standard InChI is InChI=1S/C19H18ClNO/c1-3-12(2)14-6-9-18-16(10-14)17(11-22)19(21-18)13-4-7-15(20)8-5-13/h4-12,21H,3H2,1-2H3. The lowest BCUT2D eigenvalue weighted by Crippen LogP contribution is -1.91. The van der Waals surface area contributed by atoms with E-state index in [9.17, 15) is 4.79 Å². The van der Waals surface area contributed by atoms with Crippen LogP contribution in [0.5, 0.6) is 0 Å². The number of halogens is 1. The Morgan fingerprint density at radius 3 is 2.55 bits per heavy atom. The minimum absolute atomic E-state index is 0.484. The van der Waals surface area contributed by atoms with E-state index in [1.807, 2.05) is 24.3 Å². The Labute approximate surface area is 135 Å². The van der Waals surface area contributed by atoms with Crippen molar-refractivity contribution < 1.29 is 4.79 Å². The van der Waals surface area contributed by atoms with Gasteiger partial charge in [-0.15, -0.1) is 0 Å². The number of aromatic nitrogens is 1. The first-order chi connectivity index (χ1) is 10.6. The molecule has 2 nitrogen and oxygen atoms in total. The molecule has 0 saturated heterocycles. The van der Waals surface area contributed by atoms with Crippen molar-refractivity contribution in [3.63, 3.8) is 0 Å². The molecule has 0 aliphatic rings. The molecule has 1 unspecified atom stereocenters. The maximum Gasteiger partial charge on any atom is 0.152 e. The quantitative estimate of drug-likeness (QED) is 0.605. The first kappa shape index (κ1) is 14.9. The number of aromatic amines is 1. The Morgan fingerprint density at radius 1 is 1.18 bits per heavy atom. The second-order valence-electron chi connectivity index (χ2n) is 5.65. The van der Waals surface area contributed by atoms with Gasteiger partial charge in [-0.25, -0.2) is 0 Å². The fraction of sp³-hybridized carbons (Fsp3) is 0.211. The summed E-state index contributed by atoms with van der Waals surface area (Å²) < 4.78 is 0. The van der Waals surface area contributed by atoms with Crippen LogP contribution in [0.2, 0.25) is 5.02 Å². The van der Waals surface area contributed by atoms with Gasteiger partial charge in [0.25, 0.3) is 0 Å². The summed E-state index contributed by atoms with van der Waals surface area (Å²) >= 11 is 5.94. The minimum Gasteiger partial charge on any atom is -0.354 e. The summed E-state index contributed by atoms with van der Waals surface area (Å²) in [4.78, 5) is 15.0. The molecule has 0 aliphatic heterocycles. The van der Waals surface area contributed by atoms with Gasteiger partial charge in [0.1, 0.15) is 0 Å². The fourth-order valence-electron chi connectivity index (χ4n) is 2.74. The second-order valence-corrected chi connectivity index (χ2v) is 6.09. The summed E-state index contributed by atoms with van der Waals surface area (Å²) in [5, 5.41) is 1.67. The summed E-state index contributed by atoms with van der Waals surface area (Å²) in [5.74, 6) is 0.484. The number of rotatable bonds is 4. The molecule has 22 heavy (non-hydrogen) atoms. The van der Waals surface area contributed by atoms with Gasteiger partial charge in [-0.3, -0.25) is 4.79 Å². The lowest BCUT2D eigenvalue weighted by molar-refractivity contribution is 0.112. The van der Waals surface area contributed by atoms with E-state index < -0.39 is 0 Å². The molecule has 1 N–H and O–H groups in total. The van der Waals surface area contributed by atoms with Crippen molar-refractivity contribution in [1.29, 1.82) is 0 Å². The van der Waals surface area contributed by atoms with Crippen molar-refractivity contribution in [3.05, 3.63) is 58.6 Å². The molecule has 1 atom stereocenters. The summed E-state index contributed by atoms with van der Waals surface area (Å²) in [7, 11) is 0. The Balaban J connectivity index is 2.19. The molecule has 0 saturated carbocycles. The average molecular weight is 312 g/mol. The van der Waals surface area contributed by atoms with Crippen LogP contribution >= 0.6 is 11.6 Å². The molecule has 1 heterocycles. The number of carbonyl (C=O) groups is 1. The van der Waals surface area contributed by atoms with E-state index in [0.717, 1.165) is 34.9 Å². The molecule has 112 valence electrons. The summed E-state index contributed by atoms with van der Waals surface area (Å²) in [6.07, 6.45) is 2.01. The van der Waals surface area contributed by atoms with Crippen LogP contribution in [-0.4, -0.2) is 11.3 Å².